The molecule has 8 heteroatoms. The number of fused-ring (bicyclic) bond motifs is 5. The van der Waals surface area contributed by atoms with Crippen LogP contribution in [-0.2, 0) is 33.7 Å². The van der Waals surface area contributed by atoms with Crippen molar-refractivity contribution >= 4 is 112 Å². The van der Waals surface area contributed by atoms with E-state index in [9.17, 15) is 0 Å². The minimum atomic E-state index is -1.38. The zero-order valence-electron chi connectivity index (χ0n) is 45.2. The third-order valence-corrected chi connectivity index (χ3v) is 23.1. The second kappa shape index (κ2) is 23.5. The van der Waals surface area contributed by atoms with E-state index >= 15 is 0 Å². The van der Waals surface area contributed by atoms with Gasteiger partial charge >= 0.3 is 37.9 Å². The Balaban J connectivity index is 0.000000176. The Morgan fingerprint density at radius 3 is 1.27 bits per heavy atom. The largest absolute Gasteiger partial charge is 0.184 e. The number of rotatable bonds is 10. The number of benzene rings is 6. The van der Waals surface area contributed by atoms with Crippen molar-refractivity contribution in [3.05, 3.63) is 156 Å². The first-order chi connectivity index (χ1) is 32.9. The summed E-state index contributed by atoms with van der Waals surface area (Å²) in [6.07, 6.45) is 4.75. The third-order valence-electron chi connectivity index (χ3n) is 13.6. The van der Waals surface area contributed by atoms with Crippen molar-refractivity contribution in [2.75, 3.05) is 0 Å². The van der Waals surface area contributed by atoms with Gasteiger partial charge in [0.05, 0.1) is 41.8 Å². The maximum absolute atomic E-state index is 4.93. The van der Waals surface area contributed by atoms with E-state index in [1.54, 1.807) is 20.7 Å². The molecule has 8 aromatic rings. The fourth-order valence-corrected chi connectivity index (χ4v) is 15.8. The summed E-state index contributed by atoms with van der Waals surface area (Å²) in [7, 11) is 5.15. The van der Waals surface area contributed by atoms with Crippen molar-refractivity contribution < 1.29 is 20.8 Å². The van der Waals surface area contributed by atoms with Gasteiger partial charge in [0.25, 0.3) is 0 Å². The zero-order valence-corrected chi connectivity index (χ0v) is 54.2. The van der Waals surface area contributed by atoms with E-state index in [0.717, 1.165) is 9.52 Å². The van der Waals surface area contributed by atoms with Crippen LogP contribution in [0, 0.1) is 19.9 Å². The van der Waals surface area contributed by atoms with E-state index in [1.165, 1.54) is 113 Å². The van der Waals surface area contributed by atoms with E-state index in [4.69, 9.17) is 17.0 Å². The SMILES string of the molecule is CCCc1cc2c(-c3cc([Si](C)(C)C)cc([Si](C)(C)C)c3)c(C)ccc2[cH-]1.CCCc1cc2c(-c3cc([Si](C)(C)C)cc([Si](C)(C)C)c3)c(C)ccc2[cH-]1.[Cl][Zr][Cl].[c-]1cccc2c1[Si]c1ccccc1-2. The van der Waals surface area contributed by atoms with Gasteiger partial charge in [0.1, 0.15) is 0 Å². The van der Waals surface area contributed by atoms with Gasteiger partial charge in [-0.25, -0.2) is 0 Å². The molecule has 0 aromatic heterocycles. The van der Waals surface area contributed by atoms with E-state index < -0.39 is 53.1 Å². The van der Waals surface area contributed by atoms with Crippen LogP contribution in [-0.4, -0.2) is 41.8 Å². The van der Waals surface area contributed by atoms with Gasteiger partial charge in [-0.1, -0.05) is 220 Å². The van der Waals surface area contributed by atoms with Crippen molar-refractivity contribution in [1.82, 2.24) is 0 Å². The monoisotopic (exact) mass is 1120 g/mol. The Hall–Kier alpha value is -2.91. The van der Waals surface area contributed by atoms with Gasteiger partial charge in [0.2, 0.25) is 0 Å². The second-order valence-corrected chi connectivity index (χ2v) is 48.9. The fraction of sp³-hybridized carbons (Fsp3) is 0.323. The van der Waals surface area contributed by atoms with Crippen LogP contribution in [0.5, 0.6) is 0 Å². The van der Waals surface area contributed by atoms with Gasteiger partial charge in [-0.05, 0) is 37.8 Å². The molecule has 0 unspecified atom stereocenters. The third kappa shape index (κ3) is 13.8. The number of hydrogen-bond donors (Lipinski definition) is 0. The minimum absolute atomic E-state index is 0.795. The summed E-state index contributed by atoms with van der Waals surface area (Å²) in [4.78, 5) is 0. The molecule has 8 aromatic carbocycles. The first-order valence-electron chi connectivity index (χ1n) is 25.4. The van der Waals surface area contributed by atoms with Crippen LogP contribution in [0.2, 0.25) is 78.6 Å². The molecule has 0 aliphatic carbocycles. The first-order valence-corrected chi connectivity index (χ1v) is 46.7. The number of aryl methyl sites for hydroxylation is 4. The summed E-state index contributed by atoms with van der Waals surface area (Å²) < 4.78 is 0. The van der Waals surface area contributed by atoms with Crippen molar-refractivity contribution in [1.29, 1.82) is 0 Å². The average Bonchev–Trinajstić information content (AvgIpc) is 4.01. The molecule has 70 heavy (non-hydrogen) atoms. The summed E-state index contributed by atoms with van der Waals surface area (Å²) in [6, 6.07) is 52.1. The average molecular weight is 1120 g/mol. The summed E-state index contributed by atoms with van der Waals surface area (Å²) in [5.41, 5.74) is 14.3. The molecule has 366 valence electrons. The topological polar surface area (TPSA) is 0 Å². The molecular weight excluding hydrogens is 1050 g/mol. The Bertz CT molecular complexity index is 2790. The number of hydrogen-bond acceptors (Lipinski definition) is 0. The van der Waals surface area contributed by atoms with Crippen molar-refractivity contribution in [3.63, 3.8) is 0 Å². The molecule has 9 rings (SSSR count). The summed E-state index contributed by atoms with van der Waals surface area (Å²) >= 11 is -0.826. The van der Waals surface area contributed by atoms with E-state index in [1.807, 2.05) is 6.07 Å². The van der Waals surface area contributed by atoms with E-state index in [2.05, 4.69) is 234 Å². The Labute approximate surface area is 449 Å². The minimum Gasteiger partial charge on any atom is -0.184 e. The predicted molar refractivity (Wildman–Crippen MR) is 327 cm³/mol. The van der Waals surface area contributed by atoms with Crippen molar-refractivity contribution in [2.24, 2.45) is 0 Å². The summed E-state index contributed by atoms with van der Waals surface area (Å²) in [6.45, 7) is 38.7. The normalized spacial score (nSPS) is 12.3. The molecule has 1 aliphatic heterocycles. The summed E-state index contributed by atoms with van der Waals surface area (Å²) in [5.74, 6) is 0. The van der Waals surface area contributed by atoms with E-state index in [0.29, 0.717) is 0 Å². The molecule has 1 heterocycles. The van der Waals surface area contributed by atoms with Gasteiger partial charge in [-0.3, -0.25) is 0 Å². The van der Waals surface area contributed by atoms with Crippen LogP contribution in [0.3, 0.4) is 0 Å². The molecule has 1 aliphatic rings. The van der Waals surface area contributed by atoms with Crippen LogP contribution in [0.4, 0.5) is 0 Å². The quantitative estimate of drug-likeness (QED) is 0.0946. The van der Waals surface area contributed by atoms with Crippen LogP contribution in [0.25, 0.3) is 54.9 Å². The maximum atomic E-state index is 4.93. The first kappa shape index (κ1) is 56.4. The molecule has 0 saturated carbocycles. The zero-order chi connectivity index (χ0) is 51.3. The molecule has 2 radical (unpaired) electrons. The van der Waals surface area contributed by atoms with Gasteiger partial charge in [0.15, 0.2) is 0 Å². The van der Waals surface area contributed by atoms with Crippen LogP contribution in [0.15, 0.2) is 127 Å². The molecule has 0 N–H and O–H groups in total. The second-order valence-electron chi connectivity index (χ2n) is 23.5. The Morgan fingerprint density at radius 1 is 0.500 bits per heavy atom. The maximum Gasteiger partial charge on any atom is 0.0920 e. The smallest absolute Gasteiger partial charge is 0.0920 e. The van der Waals surface area contributed by atoms with Gasteiger partial charge in [-0.2, -0.15) is 41.6 Å². The van der Waals surface area contributed by atoms with Crippen molar-refractivity contribution in [2.45, 2.75) is 132 Å². The van der Waals surface area contributed by atoms with Gasteiger partial charge in [0, 0.05) is 0 Å². The molecule has 0 fully saturated rings. The Morgan fingerprint density at radius 2 is 0.886 bits per heavy atom. The fourth-order valence-electron chi connectivity index (χ4n) is 9.54. The van der Waals surface area contributed by atoms with Gasteiger partial charge in [-0.15, -0.1) is 74.6 Å². The molecule has 0 spiro atoms. The standard InChI is InChI=1S/2C25H35Si2.C12H7Si.2ClH.Zr/c2*1-9-10-19-13-20-12-11-18(2)25(24(20)14-19)21-15-22(26(3,4)5)17-23(16-21)27(6,7)8;1-3-7-11-9(5-1)10-6-2-4-8-12(10)13-11;;;/h2*11-17H,9-10H2,1-8H3;1-7H;2*1H;/q3*-1;;;+2/p-2. The molecular formula is C62H77Cl2Si5Zr-3. The molecule has 0 amide bonds. The predicted octanol–water partition coefficient (Wildman–Crippen LogP) is 15.7. The summed E-state index contributed by atoms with van der Waals surface area (Å²) in [5, 5.41) is 14.9. The molecule has 0 bridgehead atoms. The molecule has 0 nitrogen and oxygen atoms in total. The molecule has 0 saturated heterocycles. The van der Waals surface area contributed by atoms with Gasteiger partial charge < -0.3 is 0 Å². The van der Waals surface area contributed by atoms with E-state index in [-0.39, 0.29) is 0 Å². The Kier molecular flexibility index (Phi) is 19.0. The van der Waals surface area contributed by atoms with Crippen LogP contribution >= 0.6 is 17.0 Å². The molecule has 0 atom stereocenters. The van der Waals surface area contributed by atoms with Crippen molar-refractivity contribution in [3.8, 4) is 33.4 Å². The number of halogens is 2. The van der Waals surface area contributed by atoms with Crippen LogP contribution < -0.4 is 31.1 Å². The van der Waals surface area contributed by atoms with Crippen LogP contribution in [0.1, 0.15) is 48.9 Å².